The third-order valence-corrected chi connectivity index (χ3v) is 2.33. The molecule has 0 fully saturated rings. The van der Waals surface area contributed by atoms with E-state index in [1.165, 1.54) is 0 Å². The molecule has 0 atom stereocenters. The van der Waals surface area contributed by atoms with Crippen LogP contribution in [-0.4, -0.2) is 30.1 Å². The number of rotatable bonds is 7. The Morgan fingerprint density at radius 3 is 1.57 bits per heavy atom. The maximum atomic E-state index is 10.4. The van der Waals surface area contributed by atoms with Crippen LogP contribution < -0.4 is 12.4 Å². The first-order valence-corrected chi connectivity index (χ1v) is 5.32. The summed E-state index contributed by atoms with van der Waals surface area (Å²) in [6.45, 7) is 9.69. The van der Waals surface area contributed by atoms with E-state index in [0.717, 1.165) is 43.4 Å². The van der Waals surface area contributed by atoms with E-state index in [2.05, 4.69) is 20.8 Å². The third kappa shape index (κ3) is 5.43. The Morgan fingerprint density at radius 2 is 1.36 bits per heavy atom. The lowest BCUT2D eigenvalue weighted by atomic mass is 10.2. The molecule has 2 nitrogen and oxygen atoms in total. The zero-order valence-corrected chi connectivity index (χ0v) is 10.3. The highest BCUT2D eigenvalue weighted by Gasteiger charge is 2.21. The Labute approximate surface area is 94.0 Å². The van der Waals surface area contributed by atoms with E-state index in [1.807, 2.05) is 5.94 Å². The van der Waals surface area contributed by atoms with E-state index in [0.29, 0.717) is 0 Å². The molecule has 0 saturated carbocycles. The van der Waals surface area contributed by atoms with Crippen molar-refractivity contribution in [2.24, 2.45) is 0 Å². The minimum absolute atomic E-state index is 0. The molecule has 14 heavy (non-hydrogen) atoms. The standard InChI is InChI=1S/C11H22NO.ClH/c1-4-7-12(8-5-2,9-6-3)10-11-13;/h10H,4-9H2,1-3H3;1H/q+1;/p-1. The predicted molar refractivity (Wildman–Crippen MR) is 56.0 cm³/mol. The molecule has 0 aromatic rings. The van der Waals surface area contributed by atoms with Crippen LogP contribution >= 0.6 is 0 Å². The van der Waals surface area contributed by atoms with Gasteiger partial charge in [-0.2, -0.15) is 0 Å². The summed E-state index contributed by atoms with van der Waals surface area (Å²) in [5.74, 6) is 1.96. The van der Waals surface area contributed by atoms with Crippen LogP contribution in [0.4, 0.5) is 0 Å². The fourth-order valence-corrected chi connectivity index (χ4v) is 1.98. The van der Waals surface area contributed by atoms with Crippen LogP contribution in [0.5, 0.6) is 0 Å². The summed E-state index contributed by atoms with van der Waals surface area (Å²) >= 11 is 0. The number of quaternary nitrogens is 1. The minimum atomic E-state index is 0. The molecule has 0 aromatic carbocycles. The quantitative estimate of drug-likeness (QED) is 0.412. The molecule has 0 N–H and O–H groups in total. The first kappa shape index (κ1) is 16.1. The molecule has 0 rings (SSSR count). The van der Waals surface area contributed by atoms with Crippen LogP contribution in [0.15, 0.2) is 6.20 Å². The van der Waals surface area contributed by atoms with Crippen molar-refractivity contribution in [3.63, 3.8) is 0 Å². The monoisotopic (exact) mass is 219 g/mol. The zero-order valence-electron chi connectivity index (χ0n) is 9.55. The van der Waals surface area contributed by atoms with Gasteiger partial charge in [0.2, 0.25) is 0 Å². The van der Waals surface area contributed by atoms with Crippen LogP contribution in [0, 0.1) is 0 Å². The molecule has 0 heterocycles. The lowest BCUT2D eigenvalue weighted by molar-refractivity contribution is -0.878. The lowest BCUT2D eigenvalue weighted by Gasteiger charge is -2.32. The summed E-state index contributed by atoms with van der Waals surface area (Å²) in [5.41, 5.74) is 0. The molecule has 0 aliphatic heterocycles. The molecule has 0 aliphatic carbocycles. The fraction of sp³-hybridized carbons (Fsp3) is 0.818. The number of hydrogen-bond acceptors (Lipinski definition) is 1. The third-order valence-electron chi connectivity index (χ3n) is 2.33. The molecule has 0 saturated heterocycles. The highest BCUT2D eigenvalue weighted by molar-refractivity contribution is 5.42. The van der Waals surface area contributed by atoms with Gasteiger partial charge in [0, 0.05) is 0 Å². The van der Waals surface area contributed by atoms with Crippen LogP contribution in [-0.2, 0) is 4.79 Å². The van der Waals surface area contributed by atoms with Gasteiger partial charge in [-0.15, -0.1) is 0 Å². The summed E-state index contributed by atoms with van der Waals surface area (Å²) in [7, 11) is 0. The fourth-order valence-electron chi connectivity index (χ4n) is 1.98. The van der Waals surface area contributed by atoms with Gasteiger partial charge < -0.3 is 12.4 Å². The second-order valence-corrected chi connectivity index (χ2v) is 3.64. The number of hydrogen-bond donors (Lipinski definition) is 0. The van der Waals surface area contributed by atoms with Gasteiger partial charge in [-0.3, -0.25) is 4.48 Å². The van der Waals surface area contributed by atoms with Crippen molar-refractivity contribution >= 4 is 5.94 Å². The molecule has 84 valence electrons. The van der Waals surface area contributed by atoms with Gasteiger partial charge in [0.05, 0.1) is 19.6 Å². The average molecular weight is 220 g/mol. The summed E-state index contributed by atoms with van der Waals surface area (Å²) in [4.78, 5) is 10.4. The van der Waals surface area contributed by atoms with Gasteiger partial charge in [-0.25, -0.2) is 4.79 Å². The van der Waals surface area contributed by atoms with Crippen LogP contribution in [0.2, 0.25) is 0 Å². The van der Waals surface area contributed by atoms with Crippen molar-refractivity contribution in [3.05, 3.63) is 6.20 Å². The highest BCUT2D eigenvalue weighted by atomic mass is 35.5. The molecule has 0 bridgehead atoms. The molecule has 0 unspecified atom stereocenters. The number of halogens is 1. The van der Waals surface area contributed by atoms with E-state index in [4.69, 9.17) is 0 Å². The number of nitrogens with zero attached hydrogens (tertiary/aromatic N) is 1. The van der Waals surface area contributed by atoms with E-state index in [-0.39, 0.29) is 12.4 Å². The molecule has 0 amide bonds. The van der Waals surface area contributed by atoms with E-state index >= 15 is 0 Å². The Bertz CT molecular complexity index is 159. The van der Waals surface area contributed by atoms with Gasteiger partial charge >= 0.3 is 0 Å². The predicted octanol–water partition coefficient (Wildman–Crippen LogP) is -0.617. The second kappa shape index (κ2) is 9.26. The van der Waals surface area contributed by atoms with Gasteiger partial charge in [-0.1, -0.05) is 20.8 Å². The molecule has 0 spiro atoms. The Balaban J connectivity index is 0. The summed E-state index contributed by atoms with van der Waals surface area (Å²) in [6, 6.07) is 0. The molecule has 3 heteroatoms. The van der Waals surface area contributed by atoms with Crippen LogP contribution in [0.1, 0.15) is 40.0 Å². The molecular weight excluding hydrogens is 198 g/mol. The molecular formula is C11H22ClNO. The maximum absolute atomic E-state index is 10.4. The van der Waals surface area contributed by atoms with Crippen molar-refractivity contribution in [1.82, 2.24) is 0 Å². The van der Waals surface area contributed by atoms with E-state index in [1.54, 1.807) is 6.20 Å². The minimum Gasteiger partial charge on any atom is -1.00 e. The SMILES string of the molecule is CCC[N+](C=C=O)(CCC)CCC.[Cl-]. The van der Waals surface area contributed by atoms with Crippen molar-refractivity contribution in [1.29, 1.82) is 0 Å². The largest absolute Gasteiger partial charge is 1.00 e. The van der Waals surface area contributed by atoms with Gasteiger partial charge in [-0.05, 0) is 19.3 Å². The van der Waals surface area contributed by atoms with Crippen LogP contribution in [0.3, 0.4) is 0 Å². The normalized spacial score (nSPS) is 10.2. The average Bonchev–Trinajstić information content (AvgIpc) is 2.06. The first-order chi connectivity index (χ1) is 6.24. The zero-order chi connectivity index (χ0) is 10.2. The van der Waals surface area contributed by atoms with Crippen molar-refractivity contribution in [2.45, 2.75) is 40.0 Å². The van der Waals surface area contributed by atoms with Crippen LogP contribution in [0.25, 0.3) is 0 Å². The molecule has 0 aliphatic rings. The summed E-state index contributed by atoms with van der Waals surface area (Å²) < 4.78 is 0.826. The Morgan fingerprint density at radius 1 is 1.00 bits per heavy atom. The summed E-state index contributed by atoms with van der Waals surface area (Å²) in [5, 5.41) is 0. The topological polar surface area (TPSA) is 17.1 Å². The van der Waals surface area contributed by atoms with Gasteiger partial charge in [0.15, 0.2) is 12.1 Å². The molecule has 0 aromatic heterocycles. The van der Waals surface area contributed by atoms with Crippen molar-refractivity contribution in [3.8, 4) is 0 Å². The first-order valence-electron chi connectivity index (χ1n) is 5.32. The number of carbonyl (C=O) groups excluding carboxylic acids is 1. The van der Waals surface area contributed by atoms with Crippen molar-refractivity contribution in [2.75, 3.05) is 19.6 Å². The highest BCUT2D eigenvalue weighted by Crippen LogP contribution is 2.11. The summed E-state index contributed by atoms with van der Waals surface area (Å²) in [6.07, 6.45) is 5.07. The maximum Gasteiger partial charge on any atom is 0.183 e. The van der Waals surface area contributed by atoms with Gasteiger partial charge in [0.25, 0.3) is 0 Å². The molecule has 0 radical (unpaired) electrons. The van der Waals surface area contributed by atoms with Crippen molar-refractivity contribution < 1.29 is 21.7 Å². The van der Waals surface area contributed by atoms with E-state index in [9.17, 15) is 4.79 Å². The Kier molecular flexibility index (Phi) is 10.7. The van der Waals surface area contributed by atoms with E-state index < -0.39 is 0 Å². The van der Waals surface area contributed by atoms with Gasteiger partial charge in [0.1, 0.15) is 0 Å². The second-order valence-electron chi connectivity index (χ2n) is 3.64. The smallest absolute Gasteiger partial charge is 0.183 e. The lowest BCUT2D eigenvalue weighted by Crippen LogP contribution is -3.00. The Hall–Kier alpha value is -0.300.